The number of anilines is 2. The summed E-state index contributed by atoms with van der Waals surface area (Å²) in [6.07, 6.45) is 0.393. The third kappa shape index (κ3) is 5.85. The molecule has 0 aromatic heterocycles. The number of nitrogens with one attached hydrogen (secondary N) is 3. The fourth-order valence-corrected chi connectivity index (χ4v) is 2.33. The Bertz CT molecular complexity index is 669. The van der Waals surface area contributed by atoms with Crippen LogP contribution in [-0.4, -0.2) is 18.4 Å². The highest BCUT2D eigenvalue weighted by molar-refractivity contribution is 5.92. The smallest absolute Gasteiger partial charge is 0.225 e. The highest BCUT2D eigenvalue weighted by Crippen LogP contribution is 2.14. The number of hydrogen-bond donors (Lipinski definition) is 3. The predicted octanol–water partition coefficient (Wildman–Crippen LogP) is 3.32. The molecule has 2 aromatic rings. The minimum Gasteiger partial charge on any atom is -0.326 e. The number of rotatable bonds is 7. The van der Waals surface area contributed by atoms with Crippen molar-refractivity contribution in [2.24, 2.45) is 0 Å². The van der Waals surface area contributed by atoms with Gasteiger partial charge in [0.1, 0.15) is 0 Å². The van der Waals surface area contributed by atoms with Gasteiger partial charge in [0.25, 0.3) is 0 Å². The van der Waals surface area contributed by atoms with Crippen molar-refractivity contribution in [1.29, 1.82) is 0 Å². The Balaban J connectivity index is 1.74. The molecule has 0 saturated carbocycles. The molecule has 0 aliphatic heterocycles. The summed E-state index contributed by atoms with van der Waals surface area (Å²) in [6.45, 7) is 4.14. The van der Waals surface area contributed by atoms with E-state index in [1.807, 2.05) is 18.2 Å². The summed E-state index contributed by atoms with van der Waals surface area (Å²) in [6, 6.07) is 17.4. The van der Waals surface area contributed by atoms with Gasteiger partial charge in [0.2, 0.25) is 11.8 Å². The van der Waals surface area contributed by atoms with E-state index in [4.69, 9.17) is 0 Å². The van der Waals surface area contributed by atoms with E-state index in [1.54, 1.807) is 24.3 Å². The summed E-state index contributed by atoms with van der Waals surface area (Å²) in [5, 5.41) is 8.87. The van der Waals surface area contributed by atoms with Crippen molar-refractivity contribution in [3.63, 3.8) is 0 Å². The van der Waals surface area contributed by atoms with Crippen LogP contribution in [0.4, 0.5) is 11.4 Å². The van der Waals surface area contributed by atoms with Crippen molar-refractivity contribution < 1.29 is 9.59 Å². The van der Waals surface area contributed by atoms with Gasteiger partial charge in [-0.1, -0.05) is 30.3 Å². The van der Waals surface area contributed by atoms with Crippen molar-refractivity contribution >= 4 is 23.2 Å². The number of amides is 2. The molecule has 2 rings (SSSR count). The molecule has 0 fully saturated rings. The molecule has 0 radical (unpaired) electrons. The fourth-order valence-electron chi connectivity index (χ4n) is 2.33. The van der Waals surface area contributed by atoms with Gasteiger partial charge in [0.05, 0.1) is 0 Å². The van der Waals surface area contributed by atoms with Crippen molar-refractivity contribution in [2.75, 3.05) is 17.2 Å². The van der Waals surface area contributed by atoms with Crippen LogP contribution in [0.5, 0.6) is 0 Å². The summed E-state index contributed by atoms with van der Waals surface area (Å²) in [7, 11) is 0. The van der Waals surface area contributed by atoms with Crippen molar-refractivity contribution in [3.05, 3.63) is 60.2 Å². The van der Waals surface area contributed by atoms with Gasteiger partial charge in [-0.15, -0.1) is 0 Å². The molecule has 0 bridgehead atoms. The Kier molecular flexibility index (Phi) is 6.51. The van der Waals surface area contributed by atoms with Crippen LogP contribution >= 0.6 is 0 Å². The van der Waals surface area contributed by atoms with Crippen molar-refractivity contribution in [3.8, 4) is 0 Å². The average Bonchev–Trinajstić information content (AvgIpc) is 2.57. The highest BCUT2D eigenvalue weighted by Gasteiger charge is 2.06. The summed E-state index contributed by atoms with van der Waals surface area (Å²) in [4.78, 5) is 22.9. The fraction of sp³-hybridized carbons (Fsp3) is 0.263. The molecule has 5 nitrogen and oxygen atoms in total. The molecule has 0 saturated heterocycles. The average molecular weight is 325 g/mol. The van der Waals surface area contributed by atoms with E-state index in [1.165, 1.54) is 12.5 Å². The zero-order chi connectivity index (χ0) is 17.4. The first kappa shape index (κ1) is 17.7. The summed E-state index contributed by atoms with van der Waals surface area (Å²) in [5.41, 5.74) is 2.62. The minimum atomic E-state index is -0.120. The van der Waals surface area contributed by atoms with E-state index in [9.17, 15) is 9.59 Å². The van der Waals surface area contributed by atoms with Gasteiger partial charge < -0.3 is 16.0 Å². The van der Waals surface area contributed by atoms with E-state index in [0.717, 1.165) is 0 Å². The van der Waals surface area contributed by atoms with Crippen LogP contribution in [0.25, 0.3) is 0 Å². The second kappa shape index (κ2) is 8.84. The lowest BCUT2D eigenvalue weighted by atomic mass is 10.1. The Morgan fingerprint density at radius 3 is 2.08 bits per heavy atom. The molecule has 126 valence electrons. The van der Waals surface area contributed by atoms with Gasteiger partial charge in [-0.3, -0.25) is 9.59 Å². The van der Waals surface area contributed by atoms with Gasteiger partial charge in [-0.25, -0.2) is 0 Å². The molecule has 5 heteroatoms. The predicted molar refractivity (Wildman–Crippen MR) is 96.9 cm³/mol. The molecule has 2 amide bonds. The Labute approximate surface area is 142 Å². The van der Waals surface area contributed by atoms with Gasteiger partial charge in [-0.2, -0.15) is 0 Å². The maximum atomic E-state index is 12.0. The van der Waals surface area contributed by atoms with E-state index in [-0.39, 0.29) is 17.9 Å². The SMILES string of the molecule is CC(=O)Nc1ccc(NC(=O)CCNC(C)c2ccccc2)cc1. The van der Waals surface area contributed by atoms with E-state index < -0.39 is 0 Å². The lowest BCUT2D eigenvalue weighted by molar-refractivity contribution is -0.116. The van der Waals surface area contributed by atoms with Crippen LogP contribution in [0.1, 0.15) is 31.9 Å². The van der Waals surface area contributed by atoms with Crippen LogP contribution < -0.4 is 16.0 Å². The van der Waals surface area contributed by atoms with E-state index in [2.05, 4.69) is 35.0 Å². The third-order valence-corrected chi connectivity index (χ3v) is 3.59. The van der Waals surface area contributed by atoms with Crippen LogP contribution in [0, 0.1) is 0 Å². The number of benzene rings is 2. The second-order valence-corrected chi connectivity index (χ2v) is 5.64. The van der Waals surface area contributed by atoms with Gasteiger partial charge in [0.15, 0.2) is 0 Å². The quantitative estimate of drug-likeness (QED) is 0.731. The Morgan fingerprint density at radius 2 is 1.50 bits per heavy atom. The zero-order valence-corrected chi connectivity index (χ0v) is 14.0. The maximum absolute atomic E-state index is 12.0. The zero-order valence-electron chi connectivity index (χ0n) is 14.0. The standard InChI is InChI=1S/C19H23N3O2/c1-14(16-6-4-3-5-7-16)20-13-12-19(24)22-18-10-8-17(9-11-18)21-15(2)23/h3-11,14,20H,12-13H2,1-2H3,(H,21,23)(H,22,24). The first-order valence-electron chi connectivity index (χ1n) is 8.00. The normalized spacial score (nSPS) is 11.6. The van der Waals surface area contributed by atoms with Gasteiger partial charge in [-0.05, 0) is 36.8 Å². The molecule has 1 unspecified atom stereocenters. The Morgan fingerprint density at radius 1 is 0.917 bits per heavy atom. The molecule has 24 heavy (non-hydrogen) atoms. The molecule has 0 aliphatic rings. The van der Waals surface area contributed by atoms with E-state index >= 15 is 0 Å². The summed E-state index contributed by atoms with van der Waals surface area (Å²) < 4.78 is 0. The molecule has 1 atom stereocenters. The summed E-state index contributed by atoms with van der Waals surface area (Å²) >= 11 is 0. The first-order chi connectivity index (χ1) is 11.5. The largest absolute Gasteiger partial charge is 0.326 e. The van der Waals surface area contributed by atoms with Crippen LogP contribution in [0.15, 0.2) is 54.6 Å². The molecular weight excluding hydrogens is 302 g/mol. The molecule has 0 heterocycles. The molecule has 0 spiro atoms. The molecule has 3 N–H and O–H groups in total. The third-order valence-electron chi connectivity index (χ3n) is 3.59. The number of carbonyl (C=O) groups is 2. The van der Waals surface area contributed by atoms with Crippen LogP contribution in [-0.2, 0) is 9.59 Å². The van der Waals surface area contributed by atoms with Crippen LogP contribution in [0.2, 0.25) is 0 Å². The monoisotopic (exact) mass is 325 g/mol. The van der Waals surface area contributed by atoms with Gasteiger partial charge >= 0.3 is 0 Å². The first-order valence-corrected chi connectivity index (χ1v) is 8.00. The minimum absolute atomic E-state index is 0.0463. The molecule has 0 aliphatic carbocycles. The van der Waals surface area contributed by atoms with Crippen molar-refractivity contribution in [2.45, 2.75) is 26.3 Å². The molecule has 2 aromatic carbocycles. The summed E-state index contributed by atoms with van der Waals surface area (Å²) in [5.74, 6) is -0.166. The number of carbonyl (C=O) groups excluding carboxylic acids is 2. The Hall–Kier alpha value is -2.66. The topological polar surface area (TPSA) is 70.2 Å². The van der Waals surface area contributed by atoms with Crippen molar-refractivity contribution in [1.82, 2.24) is 5.32 Å². The van der Waals surface area contributed by atoms with Gasteiger partial charge in [0, 0.05) is 37.3 Å². The molecular formula is C19H23N3O2. The van der Waals surface area contributed by atoms with E-state index in [0.29, 0.717) is 24.3 Å². The lowest BCUT2D eigenvalue weighted by Crippen LogP contribution is -2.24. The maximum Gasteiger partial charge on any atom is 0.225 e. The highest BCUT2D eigenvalue weighted by atomic mass is 16.2. The second-order valence-electron chi connectivity index (χ2n) is 5.64. The van der Waals surface area contributed by atoms with Crippen LogP contribution in [0.3, 0.4) is 0 Å². The number of hydrogen-bond acceptors (Lipinski definition) is 3. The lowest BCUT2D eigenvalue weighted by Gasteiger charge is -2.14.